The first-order valence-electron chi connectivity index (χ1n) is 20.5. The molecule has 0 heterocycles. The van der Waals surface area contributed by atoms with E-state index in [1.165, 1.54) is 5.01 Å². The number of nitrogens with two attached hydrogens (primary N) is 4. The molecule has 0 aliphatic rings. The maximum absolute atomic E-state index is 14.1. The summed E-state index contributed by atoms with van der Waals surface area (Å²) in [7, 11) is 0. The van der Waals surface area contributed by atoms with Crippen molar-refractivity contribution < 1.29 is 33.6 Å². The Kier molecular flexibility index (Phi) is 21.6. The van der Waals surface area contributed by atoms with Crippen LogP contribution < -0.4 is 54.9 Å². The van der Waals surface area contributed by atoms with Gasteiger partial charge in [0, 0.05) is 32.4 Å². The highest BCUT2D eigenvalue weighted by atomic mass is 16.2. The first kappa shape index (κ1) is 49.5. The smallest absolute Gasteiger partial charge is 0.257 e. The number of unbranched alkanes of at least 4 members (excludes halogenated alkanes) is 1. The largest absolute Gasteiger partial charge is 0.370 e. The van der Waals surface area contributed by atoms with Gasteiger partial charge in [-0.25, -0.2) is 5.01 Å². The third-order valence-corrected chi connectivity index (χ3v) is 9.41. The fourth-order valence-electron chi connectivity index (χ4n) is 6.17. The molecule has 0 bridgehead atoms. The molecule has 19 nitrogen and oxygen atoms in total. The molecule has 19 heteroatoms. The second kappa shape index (κ2) is 27.1. The van der Waals surface area contributed by atoms with E-state index in [9.17, 15) is 33.6 Å². The van der Waals surface area contributed by atoms with Crippen molar-refractivity contribution in [2.45, 2.75) is 76.0 Å². The Bertz CT molecular complexity index is 1930. The molecule has 7 amide bonds. The average Bonchev–Trinajstić information content (AvgIpc) is 3.25. The molecule has 0 aliphatic carbocycles. The molecule has 0 radical (unpaired) electrons. The summed E-state index contributed by atoms with van der Waals surface area (Å²) < 4.78 is 0. The molecule has 0 saturated carbocycles. The number of amides is 7. The lowest BCUT2D eigenvalue weighted by molar-refractivity contribution is -0.135. The van der Waals surface area contributed by atoms with Crippen LogP contribution in [0.15, 0.2) is 96.0 Å². The number of benzene rings is 3. The van der Waals surface area contributed by atoms with E-state index in [0.29, 0.717) is 18.4 Å². The average molecular weight is 857 g/mol. The molecule has 62 heavy (non-hydrogen) atoms. The lowest BCUT2D eigenvalue weighted by Crippen LogP contribution is -2.59. The van der Waals surface area contributed by atoms with E-state index >= 15 is 0 Å². The highest BCUT2D eigenvalue weighted by molar-refractivity contribution is 5.95. The lowest BCUT2D eigenvalue weighted by Gasteiger charge is -2.28. The molecular weight excluding hydrogens is 797 g/mol. The van der Waals surface area contributed by atoms with E-state index in [2.05, 4.69) is 37.0 Å². The van der Waals surface area contributed by atoms with E-state index in [1.807, 2.05) is 19.1 Å². The molecule has 334 valence electrons. The van der Waals surface area contributed by atoms with Gasteiger partial charge in [-0.3, -0.25) is 44.0 Å². The zero-order valence-corrected chi connectivity index (χ0v) is 35.0. The lowest BCUT2D eigenvalue weighted by atomic mass is 10.0. The molecule has 3 rings (SSSR count). The number of carbonyl (C=O) groups is 7. The number of aliphatic imine (C=N–C) groups is 1. The number of nitrogens with zero attached hydrogens (tertiary/aromatic N) is 2. The van der Waals surface area contributed by atoms with Gasteiger partial charge < -0.3 is 49.5 Å². The number of hydrazine groups is 1. The second-order valence-electron chi connectivity index (χ2n) is 14.5. The van der Waals surface area contributed by atoms with Gasteiger partial charge in [0.2, 0.25) is 35.4 Å². The summed E-state index contributed by atoms with van der Waals surface area (Å²) in [5.41, 5.74) is 26.9. The zero-order chi connectivity index (χ0) is 45.3. The van der Waals surface area contributed by atoms with Crippen LogP contribution in [0.3, 0.4) is 0 Å². The first-order chi connectivity index (χ1) is 29.8. The molecule has 0 spiro atoms. The monoisotopic (exact) mass is 856 g/mol. The van der Waals surface area contributed by atoms with E-state index in [4.69, 9.17) is 22.9 Å². The topological polar surface area (TPSA) is 311 Å². The Hall–Kier alpha value is -6.86. The second-order valence-corrected chi connectivity index (χ2v) is 14.5. The number of nitrogens with one attached hydrogen (secondary N) is 6. The molecule has 0 unspecified atom stereocenters. The van der Waals surface area contributed by atoms with Crippen LogP contribution >= 0.6 is 0 Å². The number of primary amides is 1. The number of hydrogen-bond acceptors (Lipinski definition) is 10. The van der Waals surface area contributed by atoms with Gasteiger partial charge in [0.05, 0.1) is 19.6 Å². The number of guanidine groups is 1. The third-order valence-electron chi connectivity index (χ3n) is 9.41. The molecule has 3 aromatic carbocycles. The molecule has 4 atom stereocenters. The van der Waals surface area contributed by atoms with Gasteiger partial charge >= 0.3 is 0 Å². The Morgan fingerprint density at radius 2 is 1.08 bits per heavy atom. The summed E-state index contributed by atoms with van der Waals surface area (Å²) >= 11 is 0. The van der Waals surface area contributed by atoms with Crippen LogP contribution in [-0.4, -0.2) is 109 Å². The molecular formula is C43H60N12O7. The predicted octanol–water partition coefficient (Wildman–Crippen LogP) is -1.60. The summed E-state index contributed by atoms with van der Waals surface area (Å²) in [6.07, 6.45) is 1.87. The number of rotatable bonds is 27. The maximum Gasteiger partial charge on any atom is 0.257 e. The van der Waals surface area contributed by atoms with Crippen molar-refractivity contribution in [2.24, 2.45) is 27.9 Å². The van der Waals surface area contributed by atoms with Crippen molar-refractivity contribution in [3.63, 3.8) is 0 Å². The molecule has 0 fully saturated rings. The molecule has 14 N–H and O–H groups in total. The Balaban J connectivity index is 1.83. The quantitative estimate of drug-likeness (QED) is 0.0180. The van der Waals surface area contributed by atoms with E-state index in [0.717, 1.165) is 11.1 Å². The molecule has 0 aliphatic heterocycles. The fourth-order valence-corrected chi connectivity index (χ4v) is 6.17. The third kappa shape index (κ3) is 19.0. The van der Waals surface area contributed by atoms with Gasteiger partial charge in [-0.15, -0.1) is 0 Å². The standard InChI is InChI=1S/C43H60N12O7/c1-2-3-22-55(54-42(62)35(25-31-18-11-6-12-19-31)50-37(57)27-49-36(56)26-44)28-38(58)51-34(24-30-16-9-5-10-17-30)41(61)52-32(20-13-21-48-43(46)47)40(60)53-33(39(45)59)23-29-14-7-4-8-15-29/h4-12,14-19,32-35H,2-3,13,20-28,44H2,1H3,(H2,45,59)(H,49,56)(H,50,57)(H,51,58)(H,52,61)(H,53,60)(H,54,62)(H4,46,47,48)/t32-,33-,34-,35-/m0/s1. The zero-order valence-electron chi connectivity index (χ0n) is 35.0. The predicted molar refractivity (Wildman–Crippen MR) is 234 cm³/mol. The van der Waals surface area contributed by atoms with Gasteiger partial charge in [-0.2, -0.15) is 0 Å². The van der Waals surface area contributed by atoms with Gasteiger partial charge in [-0.05, 0) is 36.0 Å². The van der Waals surface area contributed by atoms with Crippen molar-refractivity contribution in [1.29, 1.82) is 0 Å². The Morgan fingerprint density at radius 1 is 0.597 bits per heavy atom. The summed E-state index contributed by atoms with van der Waals surface area (Å²) in [5.74, 6) is -4.71. The van der Waals surface area contributed by atoms with Crippen LogP contribution in [0.1, 0.15) is 49.3 Å². The summed E-state index contributed by atoms with van der Waals surface area (Å²) in [6.45, 7) is 1.23. The Labute approximate surface area is 361 Å². The van der Waals surface area contributed by atoms with Crippen LogP contribution in [0.5, 0.6) is 0 Å². The van der Waals surface area contributed by atoms with Crippen molar-refractivity contribution in [1.82, 2.24) is 37.0 Å². The van der Waals surface area contributed by atoms with Crippen molar-refractivity contribution >= 4 is 47.3 Å². The van der Waals surface area contributed by atoms with Gasteiger partial charge in [0.25, 0.3) is 5.91 Å². The minimum absolute atomic E-state index is 0.0336. The summed E-state index contributed by atoms with van der Waals surface area (Å²) in [5, 5.41) is 14.6. The van der Waals surface area contributed by atoms with Crippen LogP contribution in [0.2, 0.25) is 0 Å². The summed E-state index contributed by atoms with van der Waals surface area (Å²) in [6, 6.07) is 22.3. The minimum Gasteiger partial charge on any atom is -0.370 e. The maximum atomic E-state index is 14.1. The van der Waals surface area contributed by atoms with Crippen molar-refractivity contribution in [2.75, 3.05) is 32.7 Å². The number of hydrogen-bond donors (Lipinski definition) is 10. The van der Waals surface area contributed by atoms with Gasteiger partial charge in [-0.1, -0.05) is 104 Å². The molecule has 3 aromatic rings. The van der Waals surface area contributed by atoms with Crippen LogP contribution in [0, 0.1) is 0 Å². The van der Waals surface area contributed by atoms with Gasteiger partial charge in [0.15, 0.2) is 5.96 Å². The highest BCUT2D eigenvalue weighted by Crippen LogP contribution is 2.09. The highest BCUT2D eigenvalue weighted by Gasteiger charge is 2.30. The van der Waals surface area contributed by atoms with Crippen LogP contribution in [0.4, 0.5) is 0 Å². The van der Waals surface area contributed by atoms with E-state index in [1.54, 1.807) is 78.9 Å². The summed E-state index contributed by atoms with van der Waals surface area (Å²) in [4.78, 5) is 96.4. The minimum atomic E-state index is -1.20. The van der Waals surface area contributed by atoms with Crippen molar-refractivity contribution in [3.8, 4) is 0 Å². The first-order valence-corrected chi connectivity index (χ1v) is 20.5. The van der Waals surface area contributed by atoms with E-state index in [-0.39, 0.29) is 64.2 Å². The number of carbonyl (C=O) groups excluding carboxylic acids is 7. The molecule has 0 saturated heterocycles. The van der Waals surface area contributed by atoms with Crippen LogP contribution in [0.25, 0.3) is 0 Å². The van der Waals surface area contributed by atoms with Crippen LogP contribution in [-0.2, 0) is 52.8 Å². The SMILES string of the molecule is CCCCN(CC(=O)N[C@@H](Cc1ccccc1)C(=O)N[C@@H](CCCN=C(N)N)C(=O)N[C@@H](Cc1ccccc1)C(N)=O)NC(=O)[C@H](Cc1ccccc1)NC(=O)CNC(=O)CN. The Morgan fingerprint density at radius 3 is 1.58 bits per heavy atom. The van der Waals surface area contributed by atoms with Crippen molar-refractivity contribution in [3.05, 3.63) is 108 Å². The van der Waals surface area contributed by atoms with E-state index < -0.39 is 72.1 Å². The van der Waals surface area contributed by atoms with Gasteiger partial charge in [0.1, 0.15) is 24.2 Å². The fraction of sp³-hybridized carbons (Fsp3) is 0.395. The molecule has 0 aromatic heterocycles. The normalized spacial score (nSPS) is 12.7.